The summed E-state index contributed by atoms with van der Waals surface area (Å²) in [5.74, 6) is -1.02. The van der Waals surface area contributed by atoms with Gasteiger partial charge in [0.05, 0.1) is 0 Å². The van der Waals surface area contributed by atoms with E-state index in [0.717, 1.165) is 12.5 Å². The first-order chi connectivity index (χ1) is 7.00. The maximum absolute atomic E-state index is 13.4. The van der Waals surface area contributed by atoms with Crippen LogP contribution in [0.15, 0.2) is 18.2 Å². The molecule has 3 heteroatoms. The molecule has 1 unspecified atom stereocenters. The van der Waals surface area contributed by atoms with E-state index in [1.807, 2.05) is 13.8 Å². The summed E-state index contributed by atoms with van der Waals surface area (Å²) in [6.45, 7) is 4.53. The second-order valence-corrected chi connectivity index (χ2v) is 4.28. The Morgan fingerprint density at radius 1 is 1.33 bits per heavy atom. The van der Waals surface area contributed by atoms with Gasteiger partial charge in [0.25, 0.3) is 0 Å². The van der Waals surface area contributed by atoms with Crippen LogP contribution in [0.3, 0.4) is 0 Å². The zero-order valence-electron chi connectivity index (χ0n) is 9.19. The second-order valence-electron chi connectivity index (χ2n) is 4.28. The van der Waals surface area contributed by atoms with Crippen LogP contribution in [0.5, 0.6) is 0 Å². The Morgan fingerprint density at radius 3 is 2.47 bits per heavy atom. The first-order valence-corrected chi connectivity index (χ1v) is 5.15. The van der Waals surface area contributed by atoms with Gasteiger partial charge in [-0.15, -0.1) is 0 Å². The quantitative estimate of drug-likeness (QED) is 0.817. The highest BCUT2D eigenvalue weighted by atomic mass is 19.1. The van der Waals surface area contributed by atoms with Crippen LogP contribution in [0, 0.1) is 17.0 Å². The summed E-state index contributed by atoms with van der Waals surface area (Å²) in [6, 6.07) is 3.70. The van der Waals surface area contributed by atoms with Crippen LogP contribution in [-0.2, 0) is 6.42 Å². The standard InChI is InChI=1S/C12H17F2N/c1-3-12(2,8-15)7-9-4-5-10(13)6-11(9)14/h4-6H,3,7-8,15H2,1-2H3. The molecule has 0 heterocycles. The van der Waals surface area contributed by atoms with E-state index >= 15 is 0 Å². The molecule has 1 atom stereocenters. The molecule has 0 amide bonds. The topological polar surface area (TPSA) is 26.0 Å². The van der Waals surface area contributed by atoms with Crippen molar-refractivity contribution in [2.75, 3.05) is 6.54 Å². The summed E-state index contributed by atoms with van der Waals surface area (Å²) in [5.41, 5.74) is 6.07. The highest BCUT2D eigenvalue weighted by molar-refractivity contribution is 5.20. The van der Waals surface area contributed by atoms with Gasteiger partial charge >= 0.3 is 0 Å². The van der Waals surface area contributed by atoms with E-state index in [4.69, 9.17) is 5.73 Å². The van der Waals surface area contributed by atoms with Crippen molar-refractivity contribution in [1.82, 2.24) is 0 Å². The predicted molar refractivity (Wildman–Crippen MR) is 57.5 cm³/mol. The Labute approximate surface area is 89.3 Å². The fraction of sp³-hybridized carbons (Fsp3) is 0.500. The second kappa shape index (κ2) is 4.71. The third-order valence-electron chi connectivity index (χ3n) is 2.98. The summed E-state index contributed by atoms with van der Waals surface area (Å²) in [4.78, 5) is 0. The van der Waals surface area contributed by atoms with Crippen molar-refractivity contribution in [2.45, 2.75) is 26.7 Å². The van der Waals surface area contributed by atoms with Crippen molar-refractivity contribution in [3.05, 3.63) is 35.4 Å². The molecule has 0 fully saturated rings. The van der Waals surface area contributed by atoms with Gasteiger partial charge in [-0.05, 0) is 36.4 Å². The Hall–Kier alpha value is -0.960. The highest BCUT2D eigenvalue weighted by Gasteiger charge is 2.22. The fourth-order valence-corrected chi connectivity index (χ4v) is 1.47. The Morgan fingerprint density at radius 2 is 2.00 bits per heavy atom. The first-order valence-electron chi connectivity index (χ1n) is 5.15. The van der Waals surface area contributed by atoms with Gasteiger partial charge in [-0.25, -0.2) is 8.78 Å². The van der Waals surface area contributed by atoms with Gasteiger partial charge < -0.3 is 5.73 Å². The van der Waals surface area contributed by atoms with E-state index in [-0.39, 0.29) is 5.41 Å². The number of nitrogens with two attached hydrogens (primary N) is 1. The molecule has 0 aliphatic rings. The zero-order chi connectivity index (χ0) is 11.5. The Kier molecular flexibility index (Phi) is 3.80. The van der Waals surface area contributed by atoms with Crippen molar-refractivity contribution in [2.24, 2.45) is 11.1 Å². The maximum atomic E-state index is 13.4. The summed E-state index contributed by atoms with van der Waals surface area (Å²) < 4.78 is 26.1. The first kappa shape index (κ1) is 12.1. The Balaban J connectivity index is 2.89. The van der Waals surface area contributed by atoms with E-state index in [2.05, 4.69) is 0 Å². The molecule has 2 N–H and O–H groups in total. The van der Waals surface area contributed by atoms with Gasteiger partial charge in [-0.3, -0.25) is 0 Å². The van der Waals surface area contributed by atoms with Crippen LogP contribution in [0.25, 0.3) is 0 Å². The predicted octanol–water partition coefficient (Wildman–Crippen LogP) is 2.88. The summed E-state index contributed by atoms with van der Waals surface area (Å²) in [7, 11) is 0. The lowest BCUT2D eigenvalue weighted by Crippen LogP contribution is -2.29. The molecule has 0 radical (unpaired) electrons. The van der Waals surface area contributed by atoms with Crippen LogP contribution < -0.4 is 5.73 Å². The number of halogens is 2. The zero-order valence-corrected chi connectivity index (χ0v) is 9.19. The molecule has 15 heavy (non-hydrogen) atoms. The molecule has 0 saturated carbocycles. The van der Waals surface area contributed by atoms with Crippen LogP contribution in [0.4, 0.5) is 8.78 Å². The highest BCUT2D eigenvalue weighted by Crippen LogP contribution is 2.26. The molecule has 1 aromatic carbocycles. The van der Waals surface area contributed by atoms with Gasteiger partial charge in [0.1, 0.15) is 11.6 Å². The largest absolute Gasteiger partial charge is 0.330 e. The van der Waals surface area contributed by atoms with Crippen LogP contribution in [0.2, 0.25) is 0 Å². The van der Waals surface area contributed by atoms with E-state index in [0.29, 0.717) is 18.5 Å². The average Bonchev–Trinajstić information content (AvgIpc) is 2.22. The number of hydrogen-bond acceptors (Lipinski definition) is 1. The lowest BCUT2D eigenvalue weighted by atomic mass is 9.81. The smallest absolute Gasteiger partial charge is 0.129 e. The third-order valence-corrected chi connectivity index (χ3v) is 2.98. The van der Waals surface area contributed by atoms with Gasteiger partial charge in [0.15, 0.2) is 0 Å². The van der Waals surface area contributed by atoms with Gasteiger partial charge in [0, 0.05) is 6.07 Å². The van der Waals surface area contributed by atoms with E-state index in [1.54, 1.807) is 0 Å². The van der Waals surface area contributed by atoms with Crippen LogP contribution in [-0.4, -0.2) is 6.54 Å². The lowest BCUT2D eigenvalue weighted by Gasteiger charge is -2.26. The number of benzene rings is 1. The van der Waals surface area contributed by atoms with Crippen LogP contribution in [0.1, 0.15) is 25.8 Å². The van der Waals surface area contributed by atoms with Crippen molar-refractivity contribution >= 4 is 0 Å². The van der Waals surface area contributed by atoms with Gasteiger partial charge in [0.2, 0.25) is 0 Å². The molecule has 1 rings (SSSR count). The van der Waals surface area contributed by atoms with Crippen molar-refractivity contribution in [3.8, 4) is 0 Å². The normalized spacial score (nSPS) is 15.0. The van der Waals surface area contributed by atoms with Crippen molar-refractivity contribution in [3.63, 3.8) is 0 Å². The Bertz CT molecular complexity index is 332. The van der Waals surface area contributed by atoms with Gasteiger partial charge in [-0.2, -0.15) is 0 Å². The molecule has 0 bridgehead atoms. The van der Waals surface area contributed by atoms with E-state index < -0.39 is 11.6 Å². The summed E-state index contributed by atoms with van der Waals surface area (Å²) in [5, 5.41) is 0. The molecule has 0 saturated heterocycles. The molecular formula is C12H17F2N. The number of hydrogen-bond donors (Lipinski definition) is 1. The fourth-order valence-electron chi connectivity index (χ4n) is 1.47. The van der Waals surface area contributed by atoms with Crippen molar-refractivity contribution < 1.29 is 8.78 Å². The molecule has 1 nitrogen and oxygen atoms in total. The lowest BCUT2D eigenvalue weighted by molar-refractivity contribution is 0.315. The average molecular weight is 213 g/mol. The maximum Gasteiger partial charge on any atom is 0.129 e. The molecule has 0 aliphatic heterocycles. The summed E-state index contributed by atoms with van der Waals surface area (Å²) >= 11 is 0. The third kappa shape index (κ3) is 2.99. The molecule has 0 aliphatic carbocycles. The monoisotopic (exact) mass is 213 g/mol. The minimum atomic E-state index is -0.540. The van der Waals surface area contributed by atoms with E-state index in [9.17, 15) is 8.78 Å². The van der Waals surface area contributed by atoms with Crippen molar-refractivity contribution in [1.29, 1.82) is 0 Å². The summed E-state index contributed by atoms with van der Waals surface area (Å²) in [6.07, 6.45) is 1.42. The molecule has 1 aromatic rings. The van der Waals surface area contributed by atoms with Crippen LogP contribution >= 0.6 is 0 Å². The molecule has 0 aromatic heterocycles. The van der Waals surface area contributed by atoms with Gasteiger partial charge in [-0.1, -0.05) is 19.9 Å². The van der Waals surface area contributed by atoms with E-state index in [1.165, 1.54) is 12.1 Å². The minimum Gasteiger partial charge on any atom is -0.330 e. The molecule has 84 valence electrons. The number of rotatable bonds is 4. The SMILES string of the molecule is CCC(C)(CN)Cc1ccc(F)cc1F. The molecular weight excluding hydrogens is 196 g/mol. The minimum absolute atomic E-state index is 0.112. The molecule has 0 spiro atoms.